The van der Waals surface area contributed by atoms with Gasteiger partial charge in [-0.25, -0.2) is 4.98 Å². The molecule has 0 aliphatic carbocycles. The molecule has 0 aliphatic rings. The topological polar surface area (TPSA) is 152 Å². The van der Waals surface area contributed by atoms with E-state index in [1.807, 2.05) is 23.6 Å². The third-order valence-corrected chi connectivity index (χ3v) is 5.10. The molecule has 30 heavy (non-hydrogen) atoms. The number of benzene rings is 2. The van der Waals surface area contributed by atoms with Crippen LogP contribution < -0.4 is 15.9 Å². The van der Waals surface area contributed by atoms with Crippen molar-refractivity contribution in [2.45, 2.75) is 0 Å². The van der Waals surface area contributed by atoms with Crippen molar-refractivity contribution in [3.05, 3.63) is 48.1 Å². The van der Waals surface area contributed by atoms with Gasteiger partial charge in [-0.3, -0.25) is 4.79 Å². The Hall–Kier alpha value is -3.54. The van der Waals surface area contributed by atoms with Crippen LogP contribution in [0.2, 0.25) is 0 Å². The lowest BCUT2D eigenvalue weighted by Gasteiger charge is -2.15. The van der Waals surface area contributed by atoms with Crippen LogP contribution in [-0.2, 0) is 4.79 Å². The summed E-state index contributed by atoms with van der Waals surface area (Å²) in [5.74, 6) is 0.378. The number of anilines is 1. The summed E-state index contributed by atoms with van der Waals surface area (Å²) in [6, 6.07) is 9.11. The van der Waals surface area contributed by atoms with Crippen LogP contribution in [0, 0.1) is 0 Å². The van der Waals surface area contributed by atoms with Crippen molar-refractivity contribution in [2.75, 3.05) is 12.8 Å². The van der Waals surface area contributed by atoms with Gasteiger partial charge in [0, 0.05) is 28.0 Å². The van der Waals surface area contributed by atoms with E-state index in [0.29, 0.717) is 17.0 Å². The van der Waals surface area contributed by atoms with E-state index in [9.17, 15) is 10.0 Å². The molecule has 0 unspecified atom stereocenters. The largest absolute Gasteiger partial charge is 0.497 e. The maximum Gasteiger partial charge on any atom is 0.492 e. The van der Waals surface area contributed by atoms with Crippen molar-refractivity contribution in [3.8, 4) is 27.4 Å². The Labute approximate surface area is 175 Å². The van der Waals surface area contributed by atoms with Crippen molar-refractivity contribution in [1.29, 1.82) is 0 Å². The predicted molar refractivity (Wildman–Crippen MR) is 116 cm³/mol. The molecular formula is C19H17BN4O5S. The number of nitrogens with two attached hydrogens (primary N) is 1. The Bertz CT molecular complexity index is 1170. The SMILES string of the molecule is COc1cc(-c2nccs2)c(-c2ccc3c(N)cnnc3c2)cc1B(O)O.O=CO. The zero-order valence-electron chi connectivity index (χ0n) is 15.8. The molecule has 4 aromatic rings. The van der Waals surface area contributed by atoms with Crippen molar-refractivity contribution < 1.29 is 24.7 Å². The second-order valence-electron chi connectivity index (χ2n) is 5.99. The lowest BCUT2D eigenvalue weighted by atomic mass is 9.77. The first-order chi connectivity index (χ1) is 14.5. The van der Waals surface area contributed by atoms with Crippen LogP contribution in [0.15, 0.2) is 48.1 Å². The quantitative estimate of drug-likeness (QED) is 0.281. The zero-order valence-corrected chi connectivity index (χ0v) is 16.6. The van der Waals surface area contributed by atoms with Crippen molar-refractivity contribution in [2.24, 2.45) is 0 Å². The molecule has 2 aromatic heterocycles. The highest BCUT2D eigenvalue weighted by atomic mass is 32.1. The van der Waals surface area contributed by atoms with E-state index in [2.05, 4.69) is 15.2 Å². The van der Waals surface area contributed by atoms with Gasteiger partial charge >= 0.3 is 7.12 Å². The van der Waals surface area contributed by atoms with E-state index in [1.54, 1.807) is 18.3 Å². The Morgan fingerprint density at radius 1 is 1.20 bits per heavy atom. The standard InChI is InChI=1S/C18H15BN4O3S.CH2O2/c1-26-17-8-13(18-21-4-5-27-18)12(7-14(17)19(24)25)10-2-3-11-15(20)9-22-23-16(11)6-10;2-1-3/h2-9,24-25H,1H3,(H2,20,23);1H,(H,2,3). The number of rotatable bonds is 4. The molecule has 0 amide bonds. The number of carbonyl (C=O) groups is 1. The lowest BCUT2D eigenvalue weighted by Crippen LogP contribution is -2.31. The maximum absolute atomic E-state index is 9.76. The predicted octanol–water partition coefficient (Wildman–Crippen LogP) is 1.39. The highest BCUT2D eigenvalue weighted by Gasteiger charge is 2.22. The molecule has 11 heteroatoms. The summed E-state index contributed by atoms with van der Waals surface area (Å²) < 4.78 is 5.34. The monoisotopic (exact) mass is 424 g/mol. The van der Waals surface area contributed by atoms with Gasteiger partial charge < -0.3 is 25.6 Å². The van der Waals surface area contributed by atoms with Gasteiger partial charge in [-0.1, -0.05) is 12.1 Å². The molecule has 5 N–H and O–H groups in total. The minimum atomic E-state index is -1.67. The van der Waals surface area contributed by atoms with E-state index in [-0.39, 0.29) is 11.9 Å². The summed E-state index contributed by atoms with van der Waals surface area (Å²) in [5.41, 5.74) is 9.86. The Morgan fingerprint density at radius 3 is 2.60 bits per heavy atom. The second-order valence-corrected chi connectivity index (χ2v) is 6.88. The van der Waals surface area contributed by atoms with Crippen LogP contribution in [0.4, 0.5) is 5.69 Å². The molecule has 4 rings (SSSR count). The van der Waals surface area contributed by atoms with Gasteiger partial charge in [-0.15, -0.1) is 11.3 Å². The average molecular weight is 424 g/mol. The molecule has 2 aromatic carbocycles. The van der Waals surface area contributed by atoms with Crippen LogP contribution in [0.25, 0.3) is 32.6 Å². The Balaban J connectivity index is 0.000000806. The minimum absolute atomic E-state index is 0.250. The van der Waals surface area contributed by atoms with Crippen molar-refractivity contribution in [3.63, 3.8) is 0 Å². The number of methoxy groups -OCH3 is 1. The number of thiazole rings is 1. The van der Waals surface area contributed by atoms with Crippen molar-refractivity contribution in [1.82, 2.24) is 15.2 Å². The lowest BCUT2D eigenvalue weighted by molar-refractivity contribution is -0.122. The van der Waals surface area contributed by atoms with E-state index in [1.165, 1.54) is 24.6 Å². The first-order valence-electron chi connectivity index (χ1n) is 8.57. The summed E-state index contributed by atoms with van der Waals surface area (Å²) in [6.45, 7) is -0.250. The number of nitrogens with zero attached hydrogens (tertiary/aromatic N) is 3. The molecule has 0 fully saturated rings. The fraction of sp³-hybridized carbons (Fsp3) is 0.0526. The van der Waals surface area contributed by atoms with Gasteiger partial charge in [0.2, 0.25) is 0 Å². The third kappa shape index (κ3) is 4.22. The number of fused-ring (bicyclic) bond motifs is 1. The van der Waals surface area contributed by atoms with E-state index in [0.717, 1.165) is 27.1 Å². The van der Waals surface area contributed by atoms with E-state index >= 15 is 0 Å². The number of aromatic nitrogens is 3. The fourth-order valence-corrected chi connectivity index (χ4v) is 3.66. The van der Waals surface area contributed by atoms with Crippen LogP contribution in [0.1, 0.15) is 0 Å². The zero-order chi connectivity index (χ0) is 21.7. The minimum Gasteiger partial charge on any atom is -0.497 e. The molecule has 0 saturated carbocycles. The van der Waals surface area contributed by atoms with Crippen molar-refractivity contribution >= 4 is 47.0 Å². The smallest absolute Gasteiger partial charge is 0.492 e. The van der Waals surface area contributed by atoms with Crippen LogP contribution in [-0.4, -0.2) is 51.0 Å². The summed E-state index contributed by atoms with van der Waals surface area (Å²) in [5, 5.41) is 37.9. The molecule has 0 spiro atoms. The summed E-state index contributed by atoms with van der Waals surface area (Å²) >= 11 is 1.48. The molecule has 9 nitrogen and oxygen atoms in total. The van der Waals surface area contributed by atoms with E-state index in [4.69, 9.17) is 20.4 Å². The average Bonchev–Trinajstić information content (AvgIpc) is 3.28. The maximum atomic E-state index is 9.76. The highest BCUT2D eigenvalue weighted by Crippen LogP contribution is 2.36. The Kier molecular flexibility index (Phi) is 6.57. The molecule has 152 valence electrons. The van der Waals surface area contributed by atoms with Crippen LogP contribution in [0.3, 0.4) is 0 Å². The van der Waals surface area contributed by atoms with Gasteiger partial charge in [-0.05, 0) is 29.3 Å². The third-order valence-electron chi connectivity index (χ3n) is 4.29. The Morgan fingerprint density at radius 2 is 1.97 bits per heavy atom. The van der Waals surface area contributed by atoms with Gasteiger partial charge in [0.15, 0.2) is 0 Å². The molecule has 2 heterocycles. The number of ether oxygens (including phenoxy) is 1. The number of hydrogen-bond acceptors (Lipinski definition) is 9. The van der Waals surface area contributed by atoms with E-state index < -0.39 is 7.12 Å². The van der Waals surface area contributed by atoms with Gasteiger partial charge in [0.05, 0.1) is 24.5 Å². The first-order valence-corrected chi connectivity index (χ1v) is 9.45. The van der Waals surface area contributed by atoms with Gasteiger partial charge in [0.1, 0.15) is 10.8 Å². The molecular weight excluding hydrogens is 407 g/mol. The number of hydrogen-bond donors (Lipinski definition) is 4. The highest BCUT2D eigenvalue weighted by molar-refractivity contribution is 7.13. The van der Waals surface area contributed by atoms with Crippen LogP contribution >= 0.6 is 11.3 Å². The van der Waals surface area contributed by atoms with Gasteiger partial charge in [0.25, 0.3) is 6.47 Å². The summed E-state index contributed by atoms with van der Waals surface area (Å²) in [4.78, 5) is 12.8. The molecule has 0 bridgehead atoms. The number of nitrogen functional groups attached to an aromatic ring is 1. The summed E-state index contributed by atoms with van der Waals surface area (Å²) in [7, 11) is -0.180. The van der Waals surface area contributed by atoms with Gasteiger partial charge in [-0.2, -0.15) is 10.2 Å². The second kappa shape index (κ2) is 9.31. The number of carboxylic acid groups (broad SMARTS) is 1. The first kappa shape index (κ1) is 21.2. The summed E-state index contributed by atoms with van der Waals surface area (Å²) in [6.07, 6.45) is 3.23. The molecule has 0 saturated heterocycles. The molecule has 0 aliphatic heterocycles. The normalized spacial score (nSPS) is 10.2. The fourth-order valence-electron chi connectivity index (χ4n) is 3.00. The van der Waals surface area contributed by atoms with Crippen LogP contribution in [0.5, 0.6) is 5.75 Å². The molecule has 0 radical (unpaired) electrons. The molecule has 0 atom stereocenters.